The number of benzene rings is 1. The van der Waals surface area contributed by atoms with Crippen molar-refractivity contribution in [3.63, 3.8) is 0 Å². The summed E-state index contributed by atoms with van der Waals surface area (Å²) in [6, 6.07) is 10.2. The summed E-state index contributed by atoms with van der Waals surface area (Å²) < 4.78 is 18.0. The number of hydrogen-bond acceptors (Lipinski definition) is 4. The number of alkyl halides is 1. The maximum Gasteiger partial charge on any atom is 0.0866 e. The molecule has 1 N–H and O–H groups in total. The molecule has 0 saturated carbocycles. The molecule has 0 radical (unpaired) electrons. The van der Waals surface area contributed by atoms with Gasteiger partial charge in [0.05, 0.1) is 37.1 Å². The van der Waals surface area contributed by atoms with Gasteiger partial charge in [0.25, 0.3) is 0 Å². The maximum atomic E-state index is 10.3. The van der Waals surface area contributed by atoms with Gasteiger partial charge in [0.15, 0.2) is 0 Å². The van der Waals surface area contributed by atoms with Crippen molar-refractivity contribution in [3.05, 3.63) is 35.9 Å². The van der Waals surface area contributed by atoms with Crippen LogP contribution < -0.4 is 0 Å². The van der Waals surface area contributed by atoms with Crippen molar-refractivity contribution in [1.82, 2.24) is 0 Å². The van der Waals surface area contributed by atoms with Crippen LogP contribution in [0.4, 0.5) is 0 Å². The van der Waals surface area contributed by atoms with Gasteiger partial charge in [-0.15, -0.1) is 0 Å². The Morgan fingerprint density at radius 1 is 1.20 bits per heavy atom. The fourth-order valence-corrected chi connectivity index (χ4v) is 4.28. The second kappa shape index (κ2) is 9.47. The molecule has 3 fully saturated rings. The van der Waals surface area contributed by atoms with Gasteiger partial charge in [0, 0.05) is 17.9 Å². The lowest BCUT2D eigenvalue weighted by Crippen LogP contribution is -2.55. The first-order valence-corrected chi connectivity index (χ1v) is 10.3. The first-order chi connectivity index (χ1) is 12.2. The summed E-state index contributed by atoms with van der Waals surface area (Å²) in [7, 11) is 0. The average Bonchev–Trinajstić information content (AvgIpc) is 2.57. The van der Waals surface area contributed by atoms with E-state index >= 15 is 0 Å². The number of rotatable bonds is 8. The van der Waals surface area contributed by atoms with Crippen molar-refractivity contribution in [3.8, 4) is 0 Å². The van der Waals surface area contributed by atoms with Crippen LogP contribution in [-0.4, -0.2) is 47.1 Å². The van der Waals surface area contributed by atoms with Gasteiger partial charge in [-0.2, -0.15) is 0 Å². The summed E-state index contributed by atoms with van der Waals surface area (Å²) >= 11 is 3.69. The minimum atomic E-state index is -0.408. The van der Waals surface area contributed by atoms with E-state index in [1.807, 2.05) is 25.1 Å². The van der Waals surface area contributed by atoms with Gasteiger partial charge in [-0.1, -0.05) is 53.2 Å². The van der Waals surface area contributed by atoms with Gasteiger partial charge in [-0.25, -0.2) is 0 Å². The number of hydrogen-bond donors (Lipinski definition) is 1. The molecule has 1 aromatic carbocycles. The van der Waals surface area contributed by atoms with Crippen LogP contribution in [-0.2, 0) is 20.8 Å². The molecule has 0 unspecified atom stereocenters. The molecule has 0 aliphatic carbocycles. The highest BCUT2D eigenvalue weighted by atomic mass is 79.9. The lowest BCUT2D eigenvalue weighted by Gasteiger charge is -2.47. The minimum Gasteiger partial charge on any atom is -0.390 e. The molecular formula is C20H29BrO4. The summed E-state index contributed by atoms with van der Waals surface area (Å²) in [5.74, 6) is 0. The molecule has 4 nitrogen and oxygen atoms in total. The fraction of sp³-hybridized carbons (Fsp3) is 0.700. The van der Waals surface area contributed by atoms with Crippen LogP contribution in [0.25, 0.3) is 0 Å². The van der Waals surface area contributed by atoms with E-state index in [1.54, 1.807) is 0 Å². The Morgan fingerprint density at radius 2 is 1.96 bits per heavy atom. The lowest BCUT2D eigenvalue weighted by atomic mass is 9.89. The Labute approximate surface area is 159 Å². The predicted molar refractivity (Wildman–Crippen MR) is 101 cm³/mol. The third kappa shape index (κ3) is 5.27. The van der Waals surface area contributed by atoms with Gasteiger partial charge >= 0.3 is 0 Å². The van der Waals surface area contributed by atoms with E-state index in [-0.39, 0.29) is 29.2 Å². The molecule has 3 saturated heterocycles. The van der Waals surface area contributed by atoms with E-state index in [9.17, 15) is 5.11 Å². The summed E-state index contributed by atoms with van der Waals surface area (Å²) in [4.78, 5) is 0.269. The Morgan fingerprint density at radius 3 is 2.68 bits per heavy atom. The molecule has 6 atom stereocenters. The molecule has 4 rings (SSSR count). The van der Waals surface area contributed by atoms with E-state index in [2.05, 4.69) is 28.1 Å². The van der Waals surface area contributed by atoms with Crippen molar-refractivity contribution in [2.45, 2.75) is 81.0 Å². The Balaban J connectivity index is 1.43. The van der Waals surface area contributed by atoms with E-state index in [0.29, 0.717) is 19.6 Å². The predicted octanol–water partition coefficient (Wildman–Crippen LogP) is 3.83. The number of aliphatic hydroxyl groups excluding tert-OH is 1. The lowest BCUT2D eigenvalue weighted by molar-refractivity contribution is -0.227. The molecule has 140 valence electrons. The molecule has 0 aromatic heterocycles. The normalized spacial score (nSPS) is 33.2. The standard InChI is InChI=1S/C20H29BrO4/c1-2-16(22)19-11-15(21)18-12-20(25-18)17(24-19)9-6-10-23-13-14-7-4-3-5-8-14/h3-5,7-8,15-20,22H,2,6,9-13H2,1H3/t15-,16-,17+,18-,19-,20+/m1/s1. The van der Waals surface area contributed by atoms with E-state index < -0.39 is 6.10 Å². The average molecular weight is 413 g/mol. The minimum absolute atomic E-state index is 0.0581. The van der Waals surface area contributed by atoms with Crippen LogP contribution in [0.15, 0.2) is 30.3 Å². The van der Waals surface area contributed by atoms with Crippen molar-refractivity contribution >= 4 is 15.9 Å². The molecule has 2 bridgehead atoms. The van der Waals surface area contributed by atoms with Crippen LogP contribution >= 0.6 is 15.9 Å². The highest BCUT2D eigenvalue weighted by molar-refractivity contribution is 9.09. The first-order valence-electron chi connectivity index (χ1n) is 9.42. The topological polar surface area (TPSA) is 47.9 Å². The van der Waals surface area contributed by atoms with Crippen LogP contribution in [0.2, 0.25) is 0 Å². The number of aliphatic hydroxyl groups is 1. The number of ether oxygens (including phenoxy) is 3. The van der Waals surface area contributed by atoms with Crippen LogP contribution in [0.3, 0.4) is 0 Å². The van der Waals surface area contributed by atoms with Crippen LogP contribution in [0.1, 0.15) is 44.6 Å². The SMILES string of the molecule is CC[C@@H](O)[C@H]1C[C@@H](Br)[C@H]2C[C@H](O2)[C@H](CCCOCc2ccccc2)O1. The summed E-state index contributed by atoms with van der Waals surface area (Å²) in [5.41, 5.74) is 1.20. The Kier molecular flexibility index (Phi) is 7.31. The second-order valence-electron chi connectivity index (χ2n) is 7.07. The Bertz CT molecular complexity index is 506. The van der Waals surface area contributed by atoms with Crippen LogP contribution in [0.5, 0.6) is 0 Å². The van der Waals surface area contributed by atoms with Gasteiger partial charge in [-0.3, -0.25) is 0 Å². The molecule has 1 aromatic rings. The molecular weight excluding hydrogens is 384 g/mol. The smallest absolute Gasteiger partial charge is 0.0866 e. The molecule has 3 aliphatic heterocycles. The van der Waals surface area contributed by atoms with Gasteiger partial charge in [-0.05, 0) is 31.2 Å². The van der Waals surface area contributed by atoms with Crippen LogP contribution in [0, 0.1) is 0 Å². The molecule has 0 spiro atoms. The van der Waals surface area contributed by atoms with Crippen molar-refractivity contribution in [2.24, 2.45) is 0 Å². The van der Waals surface area contributed by atoms with Crippen molar-refractivity contribution in [1.29, 1.82) is 0 Å². The first kappa shape index (κ1) is 19.3. The van der Waals surface area contributed by atoms with Gasteiger partial charge < -0.3 is 19.3 Å². The highest BCUT2D eigenvalue weighted by Crippen LogP contribution is 2.38. The van der Waals surface area contributed by atoms with Crippen molar-refractivity contribution < 1.29 is 19.3 Å². The molecule has 0 amide bonds. The van der Waals surface area contributed by atoms with Gasteiger partial charge in [0.1, 0.15) is 0 Å². The fourth-order valence-electron chi connectivity index (χ4n) is 3.57. The number of halogens is 1. The monoisotopic (exact) mass is 412 g/mol. The molecule has 3 aliphatic rings. The van der Waals surface area contributed by atoms with E-state index in [1.165, 1.54) is 5.56 Å². The third-order valence-corrected chi connectivity index (χ3v) is 6.14. The van der Waals surface area contributed by atoms with Crippen molar-refractivity contribution in [2.75, 3.05) is 6.61 Å². The third-order valence-electron chi connectivity index (χ3n) is 5.18. The Hall–Kier alpha value is -0.460. The van der Waals surface area contributed by atoms with E-state index in [4.69, 9.17) is 14.2 Å². The molecule has 25 heavy (non-hydrogen) atoms. The number of fused-ring (bicyclic) bond motifs is 4. The zero-order valence-corrected chi connectivity index (χ0v) is 16.4. The summed E-state index contributed by atoms with van der Waals surface area (Å²) in [6.07, 6.45) is 4.36. The summed E-state index contributed by atoms with van der Waals surface area (Å²) in [5, 5.41) is 10.3. The zero-order valence-electron chi connectivity index (χ0n) is 14.9. The van der Waals surface area contributed by atoms with Gasteiger partial charge in [0.2, 0.25) is 0 Å². The zero-order chi connectivity index (χ0) is 17.6. The second-order valence-corrected chi connectivity index (χ2v) is 8.25. The largest absolute Gasteiger partial charge is 0.390 e. The maximum absolute atomic E-state index is 10.3. The molecule has 3 heterocycles. The molecule has 5 heteroatoms. The summed E-state index contributed by atoms with van der Waals surface area (Å²) in [6.45, 7) is 3.36. The highest BCUT2D eigenvalue weighted by Gasteiger charge is 2.45. The quantitative estimate of drug-likeness (QED) is 0.520. The van der Waals surface area contributed by atoms with E-state index in [0.717, 1.165) is 25.7 Å².